The molecule has 4 rings (SSSR count). The van der Waals surface area contributed by atoms with E-state index < -0.39 is 10.0 Å². The predicted octanol–water partition coefficient (Wildman–Crippen LogP) is 3.66. The number of amides is 1. The van der Waals surface area contributed by atoms with Gasteiger partial charge in [-0.3, -0.25) is 9.78 Å². The first-order chi connectivity index (χ1) is 16.1. The van der Waals surface area contributed by atoms with Crippen LogP contribution in [-0.4, -0.2) is 46.5 Å². The molecule has 1 N–H and O–H groups in total. The molecule has 1 saturated heterocycles. The standard InChI is InChI=1S/C25H31N5O3S/c1-25(2,3)22-16-23(30(28-22)18-19-8-5-4-6-9-19)27-24(31)20-11-14-29(15-12-20)34(32,33)21-10-7-13-26-17-21/h4-10,13,16-17,20H,11-12,14-15,18H2,1-3H3,(H,27,31). The molecule has 0 spiro atoms. The third kappa shape index (κ3) is 5.37. The van der Waals surface area contributed by atoms with Gasteiger partial charge in [-0.05, 0) is 30.5 Å². The van der Waals surface area contributed by atoms with Gasteiger partial charge in [0.1, 0.15) is 10.7 Å². The van der Waals surface area contributed by atoms with E-state index in [1.807, 2.05) is 41.1 Å². The Morgan fingerprint density at radius 3 is 2.41 bits per heavy atom. The monoisotopic (exact) mass is 481 g/mol. The van der Waals surface area contributed by atoms with Crippen LogP contribution in [0.4, 0.5) is 5.82 Å². The summed E-state index contributed by atoms with van der Waals surface area (Å²) < 4.78 is 29.0. The van der Waals surface area contributed by atoms with Gasteiger partial charge in [0, 0.05) is 42.9 Å². The number of hydrogen-bond donors (Lipinski definition) is 1. The third-order valence-corrected chi connectivity index (χ3v) is 7.95. The second-order valence-electron chi connectivity index (χ2n) is 9.66. The van der Waals surface area contributed by atoms with Gasteiger partial charge in [0.25, 0.3) is 0 Å². The molecule has 1 aromatic carbocycles. The minimum atomic E-state index is -3.60. The summed E-state index contributed by atoms with van der Waals surface area (Å²) in [5.74, 6) is 0.288. The zero-order valence-electron chi connectivity index (χ0n) is 19.8. The van der Waals surface area contributed by atoms with Crippen LogP contribution in [0.5, 0.6) is 0 Å². The first kappa shape index (κ1) is 24.1. The molecule has 0 aliphatic carbocycles. The predicted molar refractivity (Wildman–Crippen MR) is 131 cm³/mol. The number of carbonyl (C=O) groups excluding carboxylic acids is 1. The highest BCUT2D eigenvalue weighted by Crippen LogP contribution is 2.27. The van der Waals surface area contributed by atoms with E-state index in [9.17, 15) is 13.2 Å². The molecule has 1 amide bonds. The average molecular weight is 482 g/mol. The smallest absolute Gasteiger partial charge is 0.244 e. The largest absolute Gasteiger partial charge is 0.311 e. The van der Waals surface area contributed by atoms with Crippen LogP contribution in [0.25, 0.3) is 0 Å². The van der Waals surface area contributed by atoms with Gasteiger partial charge in [0.2, 0.25) is 15.9 Å². The van der Waals surface area contributed by atoms with Crippen molar-refractivity contribution in [2.75, 3.05) is 18.4 Å². The van der Waals surface area contributed by atoms with Gasteiger partial charge in [-0.15, -0.1) is 0 Å². The van der Waals surface area contributed by atoms with Crippen molar-refractivity contribution in [3.63, 3.8) is 0 Å². The molecule has 180 valence electrons. The molecule has 1 fully saturated rings. The lowest BCUT2D eigenvalue weighted by Gasteiger charge is -2.30. The molecule has 34 heavy (non-hydrogen) atoms. The molecule has 0 radical (unpaired) electrons. The second-order valence-corrected chi connectivity index (χ2v) is 11.6. The van der Waals surface area contributed by atoms with Crippen molar-refractivity contribution in [1.82, 2.24) is 19.1 Å². The normalized spacial score (nSPS) is 15.9. The lowest BCUT2D eigenvalue weighted by Crippen LogP contribution is -2.41. The Labute approximate surface area is 201 Å². The molecule has 3 aromatic rings. The van der Waals surface area contributed by atoms with Crippen LogP contribution in [0, 0.1) is 5.92 Å². The molecule has 0 saturated carbocycles. The Hall–Kier alpha value is -3.04. The van der Waals surface area contributed by atoms with Crippen molar-refractivity contribution in [2.24, 2.45) is 5.92 Å². The van der Waals surface area contributed by atoms with Gasteiger partial charge in [-0.25, -0.2) is 13.1 Å². The van der Waals surface area contributed by atoms with Gasteiger partial charge < -0.3 is 5.32 Å². The van der Waals surface area contributed by atoms with Crippen molar-refractivity contribution in [3.8, 4) is 0 Å². The van der Waals surface area contributed by atoms with Crippen molar-refractivity contribution < 1.29 is 13.2 Å². The minimum absolute atomic E-state index is 0.104. The van der Waals surface area contributed by atoms with Crippen LogP contribution >= 0.6 is 0 Å². The maximum Gasteiger partial charge on any atom is 0.244 e. The Balaban J connectivity index is 1.45. The number of piperidine rings is 1. The van der Waals surface area contributed by atoms with E-state index >= 15 is 0 Å². The fourth-order valence-electron chi connectivity index (χ4n) is 4.00. The molecule has 1 aliphatic rings. The second kappa shape index (κ2) is 9.68. The van der Waals surface area contributed by atoms with Gasteiger partial charge in [-0.1, -0.05) is 51.1 Å². The number of nitrogens with one attached hydrogen (secondary N) is 1. The molecular weight excluding hydrogens is 450 g/mol. The molecule has 0 atom stereocenters. The van der Waals surface area contributed by atoms with Crippen LogP contribution in [-0.2, 0) is 26.8 Å². The summed E-state index contributed by atoms with van der Waals surface area (Å²) in [5.41, 5.74) is 1.83. The maximum atomic E-state index is 13.1. The highest BCUT2D eigenvalue weighted by atomic mass is 32.2. The number of anilines is 1. The summed E-state index contributed by atoms with van der Waals surface area (Å²) in [6, 6.07) is 15.1. The van der Waals surface area contributed by atoms with E-state index in [1.165, 1.54) is 10.5 Å². The van der Waals surface area contributed by atoms with Crippen molar-refractivity contribution in [3.05, 3.63) is 72.2 Å². The minimum Gasteiger partial charge on any atom is -0.311 e. The van der Waals surface area contributed by atoms with E-state index in [-0.39, 0.29) is 22.1 Å². The number of pyridine rings is 1. The number of carbonyl (C=O) groups is 1. The summed E-state index contributed by atoms with van der Waals surface area (Å²) in [6.45, 7) is 7.41. The van der Waals surface area contributed by atoms with Gasteiger partial charge in [0.15, 0.2) is 0 Å². The SMILES string of the molecule is CC(C)(C)c1cc(NC(=O)C2CCN(S(=O)(=O)c3cccnc3)CC2)n(Cc2ccccc2)n1. The third-order valence-electron chi connectivity index (χ3n) is 6.07. The summed E-state index contributed by atoms with van der Waals surface area (Å²) in [5, 5.41) is 7.82. The first-order valence-corrected chi connectivity index (χ1v) is 12.9. The molecule has 0 bridgehead atoms. The van der Waals surface area contributed by atoms with Gasteiger partial charge in [-0.2, -0.15) is 9.40 Å². The maximum absolute atomic E-state index is 13.1. The fourth-order valence-corrected chi connectivity index (χ4v) is 5.43. The lowest BCUT2D eigenvalue weighted by molar-refractivity contribution is -0.121. The zero-order chi connectivity index (χ0) is 24.3. The molecule has 2 aromatic heterocycles. The first-order valence-electron chi connectivity index (χ1n) is 11.5. The topological polar surface area (TPSA) is 97.2 Å². The zero-order valence-corrected chi connectivity index (χ0v) is 20.6. The van der Waals surface area contributed by atoms with Gasteiger partial charge >= 0.3 is 0 Å². The van der Waals surface area contributed by atoms with E-state index in [4.69, 9.17) is 5.10 Å². The number of rotatable bonds is 6. The van der Waals surface area contributed by atoms with E-state index in [0.717, 1.165) is 11.3 Å². The van der Waals surface area contributed by atoms with Crippen molar-refractivity contribution in [2.45, 2.75) is 50.5 Å². The number of aromatic nitrogens is 3. The van der Waals surface area contributed by atoms with E-state index in [1.54, 1.807) is 18.3 Å². The van der Waals surface area contributed by atoms with Crippen LogP contribution < -0.4 is 5.32 Å². The fraction of sp³-hybridized carbons (Fsp3) is 0.400. The summed E-state index contributed by atoms with van der Waals surface area (Å²) in [4.78, 5) is 17.2. The van der Waals surface area contributed by atoms with Gasteiger partial charge in [0.05, 0.1) is 12.2 Å². The van der Waals surface area contributed by atoms with Crippen LogP contribution in [0.3, 0.4) is 0 Å². The van der Waals surface area contributed by atoms with Crippen LogP contribution in [0.2, 0.25) is 0 Å². The Bertz CT molecular complexity index is 1230. The van der Waals surface area contributed by atoms with E-state index in [2.05, 4.69) is 31.1 Å². The van der Waals surface area contributed by atoms with E-state index in [0.29, 0.717) is 38.3 Å². The lowest BCUT2D eigenvalue weighted by atomic mass is 9.92. The summed E-state index contributed by atoms with van der Waals surface area (Å²) in [7, 11) is -3.60. The highest BCUT2D eigenvalue weighted by molar-refractivity contribution is 7.89. The summed E-state index contributed by atoms with van der Waals surface area (Å²) >= 11 is 0. The Morgan fingerprint density at radius 1 is 1.09 bits per heavy atom. The molecule has 9 heteroatoms. The molecule has 3 heterocycles. The molecule has 1 aliphatic heterocycles. The van der Waals surface area contributed by atoms with Crippen molar-refractivity contribution >= 4 is 21.7 Å². The number of benzene rings is 1. The van der Waals surface area contributed by atoms with Crippen molar-refractivity contribution in [1.29, 1.82) is 0 Å². The Kier molecular flexibility index (Phi) is 6.86. The number of sulfonamides is 1. The Morgan fingerprint density at radius 2 is 1.79 bits per heavy atom. The van der Waals surface area contributed by atoms with Crippen LogP contribution in [0.1, 0.15) is 44.9 Å². The molecule has 8 nitrogen and oxygen atoms in total. The average Bonchev–Trinajstić information content (AvgIpc) is 3.23. The highest BCUT2D eigenvalue weighted by Gasteiger charge is 2.33. The molecule has 0 unspecified atom stereocenters. The van der Waals surface area contributed by atoms with Crippen LogP contribution in [0.15, 0.2) is 65.8 Å². The number of nitrogens with zero attached hydrogens (tertiary/aromatic N) is 4. The summed E-state index contributed by atoms with van der Waals surface area (Å²) in [6.07, 6.45) is 3.83. The molecular formula is C25H31N5O3S. The number of hydrogen-bond acceptors (Lipinski definition) is 5. The quantitative estimate of drug-likeness (QED) is 0.579.